The van der Waals surface area contributed by atoms with E-state index >= 15 is 0 Å². The van der Waals surface area contributed by atoms with Gasteiger partial charge in [-0.1, -0.05) is 29.8 Å². The second-order valence-corrected chi connectivity index (χ2v) is 7.20. The van der Waals surface area contributed by atoms with E-state index in [-0.39, 0.29) is 21.3 Å². The molecule has 0 fully saturated rings. The van der Waals surface area contributed by atoms with Crippen LogP contribution in [0.5, 0.6) is 0 Å². The number of nitro benzene ring substituents is 1. The van der Waals surface area contributed by atoms with Crippen LogP contribution in [-0.2, 0) is 14.8 Å². The molecule has 0 atom stereocenters. The number of carbonyl (C=O) groups is 1. The Labute approximate surface area is 148 Å². The number of anilines is 1. The summed E-state index contributed by atoms with van der Waals surface area (Å²) in [6.45, 7) is -0.423. The summed E-state index contributed by atoms with van der Waals surface area (Å²) in [6.07, 6.45) is -0.495. The molecule has 0 unspecified atom stereocenters. The van der Waals surface area contributed by atoms with Crippen molar-refractivity contribution in [1.82, 2.24) is 0 Å². The van der Waals surface area contributed by atoms with Crippen LogP contribution >= 0.6 is 11.6 Å². The van der Waals surface area contributed by atoms with Gasteiger partial charge in [0.05, 0.1) is 26.9 Å². The van der Waals surface area contributed by atoms with Gasteiger partial charge in [-0.25, -0.2) is 8.42 Å². The van der Waals surface area contributed by atoms with E-state index in [1.165, 1.54) is 30.3 Å². The van der Waals surface area contributed by atoms with Crippen LogP contribution in [0.3, 0.4) is 0 Å². The van der Waals surface area contributed by atoms with Crippen molar-refractivity contribution in [2.75, 3.05) is 10.8 Å². The van der Waals surface area contributed by atoms with Gasteiger partial charge in [-0.2, -0.15) is 0 Å². The molecule has 132 valence electrons. The van der Waals surface area contributed by atoms with Crippen LogP contribution in [0.1, 0.15) is 6.42 Å². The molecule has 0 spiro atoms. The molecule has 8 nitrogen and oxygen atoms in total. The minimum absolute atomic E-state index is 0.0458. The lowest BCUT2D eigenvalue weighted by Crippen LogP contribution is -2.33. The number of hydrogen-bond donors (Lipinski definition) is 1. The lowest BCUT2D eigenvalue weighted by Gasteiger charge is -2.24. The summed E-state index contributed by atoms with van der Waals surface area (Å²) in [5, 5.41) is 19.8. The van der Waals surface area contributed by atoms with E-state index in [4.69, 9.17) is 16.7 Å². The number of nitrogens with zero attached hydrogens (tertiary/aromatic N) is 2. The molecule has 1 N–H and O–H groups in total. The second-order valence-electron chi connectivity index (χ2n) is 4.93. The van der Waals surface area contributed by atoms with Crippen LogP contribution in [0.15, 0.2) is 53.4 Å². The molecule has 25 heavy (non-hydrogen) atoms. The van der Waals surface area contributed by atoms with Crippen molar-refractivity contribution in [1.29, 1.82) is 0 Å². The quantitative estimate of drug-likeness (QED) is 0.579. The molecule has 0 amide bonds. The third-order valence-corrected chi connectivity index (χ3v) is 5.42. The largest absolute Gasteiger partial charge is 0.481 e. The van der Waals surface area contributed by atoms with Gasteiger partial charge in [-0.3, -0.25) is 19.2 Å². The van der Waals surface area contributed by atoms with Gasteiger partial charge < -0.3 is 5.11 Å². The van der Waals surface area contributed by atoms with Gasteiger partial charge in [0.1, 0.15) is 0 Å². The molecule has 2 rings (SSSR count). The number of aliphatic carboxylic acids is 1. The molecule has 0 aliphatic rings. The van der Waals surface area contributed by atoms with Crippen molar-refractivity contribution >= 4 is 39.0 Å². The number of carboxylic acid groups (broad SMARTS) is 1. The Balaban J connectivity index is 2.59. The minimum atomic E-state index is -4.15. The summed E-state index contributed by atoms with van der Waals surface area (Å²) in [5.41, 5.74) is -0.510. The first kappa shape index (κ1) is 18.7. The Morgan fingerprint density at radius 3 is 2.40 bits per heavy atom. The zero-order valence-corrected chi connectivity index (χ0v) is 14.3. The number of carboxylic acids is 1. The van der Waals surface area contributed by atoms with Gasteiger partial charge in [0.25, 0.3) is 15.7 Å². The van der Waals surface area contributed by atoms with Gasteiger partial charge in [-0.15, -0.1) is 0 Å². The summed E-state index contributed by atoms with van der Waals surface area (Å²) < 4.78 is 26.5. The number of nitro groups is 1. The molecule has 2 aromatic rings. The standard InChI is InChI=1S/C15H13ClN2O6S/c16-13-7-6-11(18(21)22)10-14(13)17(9-8-15(19)20)25(23,24)12-4-2-1-3-5-12/h1-7,10H,8-9H2,(H,19,20). The summed E-state index contributed by atoms with van der Waals surface area (Å²) >= 11 is 6.03. The fourth-order valence-electron chi connectivity index (χ4n) is 2.09. The van der Waals surface area contributed by atoms with Crippen LogP contribution in [0, 0.1) is 10.1 Å². The van der Waals surface area contributed by atoms with Crippen LogP contribution in [0.4, 0.5) is 11.4 Å². The minimum Gasteiger partial charge on any atom is -0.481 e. The van der Waals surface area contributed by atoms with E-state index in [1.807, 2.05) is 0 Å². The first-order chi connectivity index (χ1) is 11.7. The molecule has 0 aromatic heterocycles. The predicted octanol–water partition coefficient (Wildman–Crippen LogP) is 2.92. The first-order valence-electron chi connectivity index (χ1n) is 6.97. The number of halogens is 1. The SMILES string of the molecule is O=C(O)CCN(c1cc([N+](=O)[O-])ccc1Cl)S(=O)(=O)c1ccccc1. The number of non-ortho nitro benzene ring substituents is 1. The van der Waals surface area contributed by atoms with Gasteiger partial charge in [0, 0.05) is 18.7 Å². The maximum atomic E-state index is 12.9. The summed E-state index contributed by atoms with van der Waals surface area (Å²) in [4.78, 5) is 21.1. The molecule has 10 heteroatoms. The number of hydrogen-bond acceptors (Lipinski definition) is 5. The smallest absolute Gasteiger partial charge is 0.305 e. The Hall–Kier alpha value is -2.65. The van der Waals surface area contributed by atoms with Gasteiger partial charge >= 0.3 is 5.97 Å². The van der Waals surface area contributed by atoms with E-state index in [0.717, 1.165) is 16.4 Å². The number of benzene rings is 2. The average Bonchev–Trinajstić information content (AvgIpc) is 2.56. The highest BCUT2D eigenvalue weighted by atomic mass is 35.5. The maximum Gasteiger partial charge on any atom is 0.305 e. The van der Waals surface area contributed by atoms with Crippen molar-refractivity contribution in [3.8, 4) is 0 Å². The molecule has 0 saturated heterocycles. The van der Waals surface area contributed by atoms with Crippen LogP contribution < -0.4 is 4.31 Å². The van der Waals surface area contributed by atoms with E-state index in [0.29, 0.717) is 0 Å². The summed E-state index contributed by atoms with van der Waals surface area (Å²) in [6, 6.07) is 10.7. The van der Waals surface area contributed by atoms with E-state index < -0.39 is 33.9 Å². The third-order valence-electron chi connectivity index (χ3n) is 3.27. The molecule has 0 aliphatic carbocycles. The highest BCUT2D eigenvalue weighted by Crippen LogP contribution is 2.33. The molecular weight excluding hydrogens is 372 g/mol. The lowest BCUT2D eigenvalue weighted by atomic mass is 10.2. The Morgan fingerprint density at radius 1 is 1.20 bits per heavy atom. The zero-order valence-electron chi connectivity index (χ0n) is 12.7. The number of sulfonamides is 1. The summed E-state index contributed by atoms with van der Waals surface area (Å²) in [7, 11) is -4.15. The third kappa shape index (κ3) is 4.25. The van der Waals surface area contributed by atoms with Crippen molar-refractivity contribution in [2.45, 2.75) is 11.3 Å². The normalized spacial score (nSPS) is 11.1. The van der Waals surface area contributed by atoms with Gasteiger partial charge in [-0.05, 0) is 18.2 Å². The van der Waals surface area contributed by atoms with Crippen molar-refractivity contribution in [3.63, 3.8) is 0 Å². The molecule has 0 aliphatic heterocycles. The first-order valence-corrected chi connectivity index (χ1v) is 8.79. The van der Waals surface area contributed by atoms with E-state index in [1.54, 1.807) is 6.07 Å². The Kier molecular flexibility index (Phi) is 5.60. The van der Waals surface area contributed by atoms with Crippen molar-refractivity contribution in [3.05, 3.63) is 63.7 Å². The average molecular weight is 385 g/mol. The molecule has 0 bridgehead atoms. The zero-order chi connectivity index (χ0) is 18.6. The molecule has 0 radical (unpaired) electrons. The van der Waals surface area contributed by atoms with Crippen molar-refractivity contribution in [2.24, 2.45) is 0 Å². The van der Waals surface area contributed by atoms with Crippen LogP contribution in [0.2, 0.25) is 5.02 Å². The monoisotopic (exact) mass is 384 g/mol. The maximum absolute atomic E-state index is 12.9. The molecular formula is C15H13ClN2O6S. The fraction of sp³-hybridized carbons (Fsp3) is 0.133. The fourth-order valence-corrected chi connectivity index (χ4v) is 3.86. The predicted molar refractivity (Wildman–Crippen MR) is 91.3 cm³/mol. The Morgan fingerprint density at radius 2 is 1.84 bits per heavy atom. The van der Waals surface area contributed by atoms with Crippen LogP contribution in [-0.4, -0.2) is 31.0 Å². The number of rotatable bonds is 7. The molecule has 2 aromatic carbocycles. The van der Waals surface area contributed by atoms with E-state index in [9.17, 15) is 23.3 Å². The molecule has 0 saturated carbocycles. The molecule has 0 heterocycles. The van der Waals surface area contributed by atoms with Crippen molar-refractivity contribution < 1.29 is 23.2 Å². The highest BCUT2D eigenvalue weighted by Gasteiger charge is 2.28. The van der Waals surface area contributed by atoms with E-state index in [2.05, 4.69) is 0 Å². The topological polar surface area (TPSA) is 118 Å². The lowest BCUT2D eigenvalue weighted by molar-refractivity contribution is -0.384. The van der Waals surface area contributed by atoms with Crippen LogP contribution in [0.25, 0.3) is 0 Å². The summed E-state index contributed by atoms with van der Waals surface area (Å²) in [5.74, 6) is -1.21. The van der Waals surface area contributed by atoms with Gasteiger partial charge in [0.2, 0.25) is 0 Å². The second kappa shape index (κ2) is 7.49. The van der Waals surface area contributed by atoms with Gasteiger partial charge in [0.15, 0.2) is 0 Å². The highest BCUT2D eigenvalue weighted by molar-refractivity contribution is 7.92. The Bertz CT molecular complexity index is 901.